The van der Waals surface area contributed by atoms with Gasteiger partial charge in [-0.1, -0.05) is 24.3 Å². The smallest absolute Gasteiger partial charge is 0.416 e. The predicted octanol–water partition coefficient (Wildman–Crippen LogP) is 3.69. The zero-order valence-corrected chi connectivity index (χ0v) is 18.5. The topological polar surface area (TPSA) is 108 Å². The maximum atomic E-state index is 13.2. The predicted molar refractivity (Wildman–Crippen MR) is 122 cm³/mol. The molecular weight excluding hydrogens is 479 g/mol. The number of alkyl halides is 3. The Balaban J connectivity index is 1.56. The second-order valence-electron chi connectivity index (χ2n) is 7.86. The number of allylic oxidation sites excluding steroid dienone is 1. The van der Waals surface area contributed by atoms with Gasteiger partial charge in [0.1, 0.15) is 11.1 Å². The number of nitrogens with one attached hydrogen (secondary N) is 1. The number of benzene rings is 2. The molecule has 0 radical (unpaired) electrons. The van der Waals surface area contributed by atoms with Gasteiger partial charge in [-0.05, 0) is 30.3 Å². The first-order valence-corrected chi connectivity index (χ1v) is 10.6. The Morgan fingerprint density at radius 1 is 1.11 bits per heavy atom. The maximum absolute atomic E-state index is 13.2. The van der Waals surface area contributed by atoms with Crippen LogP contribution in [-0.2, 0) is 17.5 Å². The van der Waals surface area contributed by atoms with E-state index in [1.54, 1.807) is 18.2 Å². The number of halogens is 3. The third-order valence-corrected chi connectivity index (χ3v) is 5.48. The number of hydrogen-bond acceptors (Lipinski definition) is 6. The number of carbonyl (C=O) groups is 2. The summed E-state index contributed by atoms with van der Waals surface area (Å²) >= 11 is 0. The molecule has 1 aliphatic rings. The number of esters is 1. The Hall–Kier alpha value is -4.74. The summed E-state index contributed by atoms with van der Waals surface area (Å²) in [4.78, 5) is 41.0. The Bertz CT molecular complexity index is 1640. The van der Waals surface area contributed by atoms with E-state index in [1.807, 2.05) is 0 Å². The lowest BCUT2D eigenvalue weighted by Crippen LogP contribution is -2.25. The zero-order valence-electron chi connectivity index (χ0n) is 18.5. The molecule has 5 rings (SSSR count). The number of rotatable bonds is 4. The molecule has 0 bridgehead atoms. The van der Waals surface area contributed by atoms with Crippen molar-refractivity contribution in [1.82, 2.24) is 19.3 Å². The summed E-state index contributed by atoms with van der Waals surface area (Å²) in [6.07, 6.45) is -1.64. The number of ether oxygens (including phenoxy) is 1. The van der Waals surface area contributed by atoms with Gasteiger partial charge in [0.25, 0.3) is 11.5 Å². The standard InChI is InChI=1S/C24H16F3N5O4/c1-13(33)36-19-8-3-2-7-16(19)20(34)29-23-30-21(35)17-12-28-32-18(9-10-31(23)22(17)32)14-5-4-6-15(11-14)24(25,26)27/h2-9,11-12H,10H2,1H3,(H,29,30,34,35). The Kier molecular flexibility index (Phi) is 5.43. The average molecular weight is 495 g/mol. The first kappa shape index (κ1) is 23.0. The maximum Gasteiger partial charge on any atom is 0.416 e. The molecule has 36 heavy (non-hydrogen) atoms. The molecule has 2 aromatic heterocycles. The number of aromatic nitrogens is 4. The van der Waals surface area contributed by atoms with Crippen LogP contribution >= 0.6 is 0 Å². The van der Waals surface area contributed by atoms with Gasteiger partial charge in [0.2, 0.25) is 5.95 Å². The highest BCUT2D eigenvalue weighted by Crippen LogP contribution is 2.33. The number of nitrogens with zero attached hydrogens (tertiary/aromatic N) is 4. The molecule has 0 saturated carbocycles. The lowest BCUT2D eigenvalue weighted by atomic mass is 10.1. The summed E-state index contributed by atoms with van der Waals surface area (Å²) in [5.41, 5.74) is -0.596. The van der Waals surface area contributed by atoms with Gasteiger partial charge >= 0.3 is 12.1 Å². The van der Waals surface area contributed by atoms with Crippen molar-refractivity contribution < 1.29 is 27.5 Å². The van der Waals surface area contributed by atoms with E-state index in [4.69, 9.17) is 4.74 Å². The van der Waals surface area contributed by atoms with E-state index in [-0.39, 0.29) is 40.4 Å². The highest BCUT2D eigenvalue weighted by molar-refractivity contribution is 6.06. The number of anilines is 1. The fourth-order valence-electron chi connectivity index (χ4n) is 3.94. The average Bonchev–Trinajstić information content (AvgIpc) is 3.28. The number of para-hydroxylation sites is 1. The van der Waals surface area contributed by atoms with Crippen LogP contribution in [0.3, 0.4) is 0 Å². The van der Waals surface area contributed by atoms with E-state index in [9.17, 15) is 27.6 Å². The largest absolute Gasteiger partial charge is 0.426 e. The lowest BCUT2D eigenvalue weighted by Gasteiger charge is -2.21. The fraction of sp³-hybridized carbons (Fsp3) is 0.125. The molecule has 9 nitrogen and oxygen atoms in total. The van der Waals surface area contributed by atoms with Crippen LogP contribution in [0.15, 0.2) is 65.6 Å². The van der Waals surface area contributed by atoms with Gasteiger partial charge in [0.15, 0.2) is 5.65 Å². The Morgan fingerprint density at radius 3 is 2.64 bits per heavy atom. The van der Waals surface area contributed by atoms with Crippen LogP contribution in [-0.4, -0.2) is 31.2 Å². The SMILES string of the molecule is CC(=O)Oc1ccccc1C(=O)Nc1nc(=O)c2cnn3c2n1CC=C3c1cccc(C(F)(F)F)c1. The van der Waals surface area contributed by atoms with Crippen molar-refractivity contribution in [3.63, 3.8) is 0 Å². The fourth-order valence-corrected chi connectivity index (χ4v) is 3.94. The van der Waals surface area contributed by atoms with Crippen molar-refractivity contribution in [2.24, 2.45) is 0 Å². The molecule has 0 spiro atoms. The van der Waals surface area contributed by atoms with Crippen molar-refractivity contribution in [3.8, 4) is 5.75 Å². The molecule has 0 atom stereocenters. The van der Waals surface area contributed by atoms with Crippen molar-refractivity contribution in [3.05, 3.63) is 87.8 Å². The van der Waals surface area contributed by atoms with Gasteiger partial charge in [-0.25, -0.2) is 4.68 Å². The van der Waals surface area contributed by atoms with Crippen molar-refractivity contribution in [2.75, 3.05) is 5.32 Å². The molecule has 0 saturated heterocycles. The molecule has 1 aliphatic heterocycles. The molecule has 4 aromatic rings. The van der Waals surface area contributed by atoms with Gasteiger partial charge in [-0.3, -0.25) is 24.3 Å². The van der Waals surface area contributed by atoms with Gasteiger partial charge < -0.3 is 4.74 Å². The monoisotopic (exact) mass is 495 g/mol. The quantitative estimate of drug-likeness (QED) is 0.342. The summed E-state index contributed by atoms with van der Waals surface area (Å²) in [6.45, 7) is 1.28. The molecule has 0 aliphatic carbocycles. The van der Waals surface area contributed by atoms with Crippen molar-refractivity contribution >= 4 is 34.6 Å². The molecule has 0 unspecified atom stereocenters. The van der Waals surface area contributed by atoms with Crippen molar-refractivity contribution in [2.45, 2.75) is 19.6 Å². The number of carbonyl (C=O) groups excluding carboxylic acids is 2. The van der Waals surface area contributed by atoms with Crippen molar-refractivity contribution in [1.29, 1.82) is 0 Å². The van der Waals surface area contributed by atoms with Gasteiger partial charge in [0, 0.05) is 19.0 Å². The third-order valence-electron chi connectivity index (χ3n) is 5.48. The first-order valence-electron chi connectivity index (χ1n) is 10.6. The Labute approximate surface area is 200 Å². The van der Waals surface area contributed by atoms with Crippen LogP contribution in [0.4, 0.5) is 19.1 Å². The van der Waals surface area contributed by atoms with Gasteiger partial charge in [-0.15, -0.1) is 0 Å². The van der Waals surface area contributed by atoms with E-state index >= 15 is 0 Å². The Morgan fingerprint density at radius 2 is 1.89 bits per heavy atom. The summed E-state index contributed by atoms with van der Waals surface area (Å²) in [6, 6.07) is 10.8. The van der Waals surface area contributed by atoms with Crippen LogP contribution in [0.5, 0.6) is 5.75 Å². The van der Waals surface area contributed by atoms with E-state index in [0.29, 0.717) is 5.70 Å². The molecule has 182 valence electrons. The third kappa shape index (κ3) is 4.02. The molecule has 12 heteroatoms. The van der Waals surface area contributed by atoms with E-state index in [2.05, 4.69) is 15.4 Å². The minimum absolute atomic E-state index is 0.0290. The van der Waals surface area contributed by atoms with Crippen LogP contribution in [0.2, 0.25) is 0 Å². The molecular formula is C24H16F3N5O4. The molecule has 1 amide bonds. The molecule has 0 fully saturated rings. The van der Waals surface area contributed by atoms with Crippen LogP contribution in [0.1, 0.15) is 28.4 Å². The summed E-state index contributed by atoms with van der Waals surface area (Å²) in [5, 5.41) is 6.89. The van der Waals surface area contributed by atoms with Gasteiger partial charge in [-0.2, -0.15) is 23.3 Å². The second-order valence-corrected chi connectivity index (χ2v) is 7.86. The second kappa shape index (κ2) is 8.48. The first-order chi connectivity index (χ1) is 17.1. The van der Waals surface area contributed by atoms with E-state index < -0.39 is 29.2 Å². The molecule has 1 N–H and O–H groups in total. The lowest BCUT2D eigenvalue weighted by molar-refractivity contribution is -0.137. The van der Waals surface area contributed by atoms with Crippen LogP contribution in [0, 0.1) is 0 Å². The number of amides is 1. The number of hydrogen-bond donors (Lipinski definition) is 1. The van der Waals surface area contributed by atoms with Crippen LogP contribution < -0.4 is 15.6 Å². The normalized spacial score (nSPS) is 12.8. The minimum atomic E-state index is -4.52. The summed E-state index contributed by atoms with van der Waals surface area (Å²) < 4.78 is 47.7. The minimum Gasteiger partial charge on any atom is -0.426 e. The summed E-state index contributed by atoms with van der Waals surface area (Å²) in [7, 11) is 0. The highest BCUT2D eigenvalue weighted by atomic mass is 19.4. The van der Waals surface area contributed by atoms with E-state index in [1.165, 1.54) is 46.6 Å². The highest BCUT2D eigenvalue weighted by Gasteiger charge is 2.31. The molecule has 3 heterocycles. The zero-order chi connectivity index (χ0) is 25.6. The van der Waals surface area contributed by atoms with Gasteiger partial charge in [0.05, 0.1) is 23.0 Å². The van der Waals surface area contributed by atoms with E-state index in [0.717, 1.165) is 12.1 Å². The van der Waals surface area contributed by atoms with Crippen LogP contribution in [0.25, 0.3) is 16.7 Å². The summed E-state index contributed by atoms with van der Waals surface area (Å²) in [5.74, 6) is -1.37. The molecule has 2 aromatic carbocycles.